The Morgan fingerprint density at radius 2 is 2.43 bits per heavy atom. The summed E-state index contributed by atoms with van der Waals surface area (Å²) in [5.41, 5.74) is 0. The van der Waals surface area contributed by atoms with Crippen LogP contribution in [0.4, 0.5) is 0 Å². The summed E-state index contributed by atoms with van der Waals surface area (Å²) in [6.45, 7) is 2.73. The SMILES string of the molecule is CC(c1cccs1)C1(O)CCCCO1. The van der Waals surface area contributed by atoms with E-state index in [1.165, 1.54) is 4.88 Å². The average Bonchev–Trinajstić information content (AvgIpc) is 2.70. The van der Waals surface area contributed by atoms with Gasteiger partial charge in [-0.3, -0.25) is 0 Å². The summed E-state index contributed by atoms with van der Waals surface area (Å²) in [6, 6.07) is 4.08. The zero-order chi connectivity index (χ0) is 10.0. The van der Waals surface area contributed by atoms with Gasteiger partial charge in [0.1, 0.15) is 0 Å². The number of thiophene rings is 1. The molecule has 78 valence electrons. The van der Waals surface area contributed by atoms with E-state index in [0.717, 1.165) is 19.3 Å². The zero-order valence-corrected chi connectivity index (χ0v) is 9.22. The van der Waals surface area contributed by atoms with Crippen molar-refractivity contribution in [1.82, 2.24) is 0 Å². The lowest BCUT2D eigenvalue weighted by molar-refractivity contribution is -0.236. The quantitative estimate of drug-likeness (QED) is 0.816. The summed E-state index contributed by atoms with van der Waals surface area (Å²) in [6.07, 6.45) is 2.89. The normalized spacial score (nSPS) is 30.1. The lowest BCUT2D eigenvalue weighted by Crippen LogP contribution is -2.40. The second kappa shape index (κ2) is 4.01. The Bertz CT molecular complexity index is 275. The molecule has 14 heavy (non-hydrogen) atoms. The molecule has 1 aromatic heterocycles. The van der Waals surface area contributed by atoms with Crippen LogP contribution in [-0.2, 0) is 4.74 Å². The highest BCUT2D eigenvalue weighted by Gasteiger charge is 2.37. The predicted octanol–water partition coefficient (Wildman–Crippen LogP) is 2.74. The van der Waals surface area contributed by atoms with Gasteiger partial charge in [0.2, 0.25) is 0 Å². The van der Waals surface area contributed by atoms with Crippen molar-refractivity contribution >= 4 is 11.3 Å². The monoisotopic (exact) mass is 212 g/mol. The van der Waals surface area contributed by atoms with Gasteiger partial charge in [-0.15, -0.1) is 11.3 Å². The number of hydrogen-bond acceptors (Lipinski definition) is 3. The molecule has 0 bridgehead atoms. The van der Waals surface area contributed by atoms with Gasteiger partial charge in [-0.2, -0.15) is 0 Å². The fraction of sp³-hybridized carbons (Fsp3) is 0.636. The van der Waals surface area contributed by atoms with Gasteiger partial charge in [0.15, 0.2) is 5.79 Å². The van der Waals surface area contributed by atoms with Crippen LogP contribution in [0.25, 0.3) is 0 Å². The maximum absolute atomic E-state index is 10.3. The Balaban J connectivity index is 2.13. The van der Waals surface area contributed by atoms with E-state index in [1.807, 2.05) is 18.4 Å². The van der Waals surface area contributed by atoms with Crippen molar-refractivity contribution in [1.29, 1.82) is 0 Å². The molecule has 0 spiro atoms. The third-order valence-corrected chi connectivity index (χ3v) is 3.98. The minimum atomic E-state index is -0.927. The van der Waals surface area contributed by atoms with E-state index in [9.17, 15) is 5.11 Å². The van der Waals surface area contributed by atoms with Crippen LogP contribution in [0.3, 0.4) is 0 Å². The van der Waals surface area contributed by atoms with E-state index >= 15 is 0 Å². The van der Waals surface area contributed by atoms with Crippen LogP contribution < -0.4 is 0 Å². The van der Waals surface area contributed by atoms with Crippen LogP contribution in [0, 0.1) is 0 Å². The first-order chi connectivity index (χ1) is 6.72. The van der Waals surface area contributed by atoms with E-state index in [0.29, 0.717) is 6.61 Å². The Hall–Kier alpha value is -0.380. The highest BCUT2D eigenvalue weighted by atomic mass is 32.1. The molecule has 1 aromatic rings. The molecular weight excluding hydrogens is 196 g/mol. The number of aliphatic hydroxyl groups is 1. The third-order valence-electron chi connectivity index (χ3n) is 2.93. The van der Waals surface area contributed by atoms with Crippen molar-refractivity contribution in [2.45, 2.75) is 37.9 Å². The summed E-state index contributed by atoms with van der Waals surface area (Å²) in [7, 11) is 0. The molecule has 0 radical (unpaired) electrons. The summed E-state index contributed by atoms with van der Waals surface area (Å²) in [4.78, 5) is 1.20. The molecule has 0 aliphatic carbocycles. The van der Waals surface area contributed by atoms with E-state index in [-0.39, 0.29) is 5.92 Å². The molecule has 2 rings (SSSR count). The first-order valence-corrected chi connectivity index (χ1v) is 6.00. The van der Waals surface area contributed by atoms with Crippen LogP contribution >= 0.6 is 11.3 Å². The first kappa shape index (κ1) is 10.1. The molecule has 3 heteroatoms. The van der Waals surface area contributed by atoms with Gasteiger partial charge in [0.25, 0.3) is 0 Å². The Morgan fingerprint density at radius 1 is 1.57 bits per heavy atom. The lowest BCUT2D eigenvalue weighted by atomic mass is 9.92. The fourth-order valence-corrected chi connectivity index (χ4v) is 2.76. The highest BCUT2D eigenvalue weighted by molar-refractivity contribution is 7.10. The topological polar surface area (TPSA) is 29.5 Å². The minimum absolute atomic E-state index is 0.0859. The summed E-state index contributed by atoms with van der Waals surface area (Å²) >= 11 is 1.68. The van der Waals surface area contributed by atoms with Crippen LogP contribution in [0.15, 0.2) is 17.5 Å². The highest BCUT2D eigenvalue weighted by Crippen LogP contribution is 2.37. The lowest BCUT2D eigenvalue weighted by Gasteiger charge is -2.36. The molecule has 2 atom stereocenters. The maximum atomic E-state index is 10.3. The molecule has 0 amide bonds. The van der Waals surface area contributed by atoms with Crippen molar-refractivity contribution in [2.75, 3.05) is 6.61 Å². The van der Waals surface area contributed by atoms with Crippen LogP contribution in [0.1, 0.15) is 37.0 Å². The van der Waals surface area contributed by atoms with Gasteiger partial charge in [-0.25, -0.2) is 0 Å². The maximum Gasteiger partial charge on any atom is 0.172 e. The largest absolute Gasteiger partial charge is 0.365 e. The molecule has 2 unspecified atom stereocenters. The number of ether oxygens (including phenoxy) is 1. The van der Waals surface area contributed by atoms with E-state index in [4.69, 9.17) is 4.74 Å². The molecule has 0 saturated carbocycles. The summed E-state index contributed by atoms with van der Waals surface area (Å²) in [5, 5.41) is 12.3. The molecule has 1 fully saturated rings. The number of hydrogen-bond donors (Lipinski definition) is 1. The van der Waals surface area contributed by atoms with E-state index in [1.54, 1.807) is 11.3 Å². The summed E-state index contributed by atoms with van der Waals surface area (Å²) < 4.78 is 5.51. The molecule has 0 aromatic carbocycles. The zero-order valence-electron chi connectivity index (χ0n) is 8.40. The molecule has 2 heterocycles. The standard InChI is InChI=1S/C11H16O2S/c1-9(10-5-4-8-14-10)11(12)6-2-3-7-13-11/h4-5,8-9,12H,2-3,6-7H2,1H3. The van der Waals surface area contributed by atoms with Crippen LogP contribution in [-0.4, -0.2) is 17.5 Å². The van der Waals surface area contributed by atoms with E-state index < -0.39 is 5.79 Å². The van der Waals surface area contributed by atoms with Gasteiger partial charge in [0, 0.05) is 17.2 Å². The number of rotatable bonds is 2. The molecule has 1 saturated heterocycles. The average molecular weight is 212 g/mol. The third kappa shape index (κ3) is 1.85. The van der Waals surface area contributed by atoms with Crippen molar-refractivity contribution in [3.63, 3.8) is 0 Å². The Kier molecular flexibility index (Phi) is 2.91. The molecule has 1 aliphatic rings. The van der Waals surface area contributed by atoms with Gasteiger partial charge < -0.3 is 9.84 Å². The molecule has 1 aliphatic heterocycles. The van der Waals surface area contributed by atoms with Gasteiger partial charge in [-0.1, -0.05) is 13.0 Å². The Morgan fingerprint density at radius 3 is 3.00 bits per heavy atom. The van der Waals surface area contributed by atoms with Crippen LogP contribution in [0.2, 0.25) is 0 Å². The van der Waals surface area contributed by atoms with Crippen molar-refractivity contribution < 1.29 is 9.84 Å². The van der Waals surface area contributed by atoms with Gasteiger partial charge in [0.05, 0.1) is 6.61 Å². The first-order valence-electron chi connectivity index (χ1n) is 5.12. The van der Waals surface area contributed by atoms with E-state index in [2.05, 4.69) is 6.07 Å². The fourth-order valence-electron chi connectivity index (χ4n) is 1.90. The van der Waals surface area contributed by atoms with Crippen molar-refractivity contribution in [3.05, 3.63) is 22.4 Å². The smallest absolute Gasteiger partial charge is 0.172 e. The summed E-state index contributed by atoms with van der Waals surface area (Å²) in [5.74, 6) is -0.842. The Labute approximate surface area is 88.5 Å². The molecule has 2 nitrogen and oxygen atoms in total. The van der Waals surface area contributed by atoms with Crippen molar-refractivity contribution in [2.24, 2.45) is 0 Å². The van der Waals surface area contributed by atoms with Gasteiger partial charge >= 0.3 is 0 Å². The predicted molar refractivity (Wildman–Crippen MR) is 57.5 cm³/mol. The van der Waals surface area contributed by atoms with Gasteiger partial charge in [-0.05, 0) is 24.3 Å². The second-order valence-electron chi connectivity index (χ2n) is 3.89. The molecule has 1 N–H and O–H groups in total. The minimum Gasteiger partial charge on any atom is -0.365 e. The molecular formula is C11H16O2S. The van der Waals surface area contributed by atoms with Crippen LogP contribution in [0.5, 0.6) is 0 Å². The second-order valence-corrected chi connectivity index (χ2v) is 4.87. The van der Waals surface area contributed by atoms with Crippen molar-refractivity contribution in [3.8, 4) is 0 Å².